The van der Waals surface area contributed by atoms with Gasteiger partial charge < -0.3 is 14.8 Å². The minimum atomic E-state index is -0.547. The van der Waals surface area contributed by atoms with Crippen LogP contribution < -0.4 is 5.32 Å². The Morgan fingerprint density at radius 1 is 1.42 bits per heavy atom. The quantitative estimate of drug-likeness (QED) is 0.887. The molecule has 0 saturated carbocycles. The highest BCUT2D eigenvalue weighted by molar-refractivity contribution is 9.10. The molecular formula is C14H17BrN2O2. The van der Waals surface area contributed by atoms with Gasteiger partial charge >= 0.3 is 0 Å². The van der Waals surface area contributed by atoms with Gasteiger partial charge in [0.25, 0.3) is 0 Å². The minimum absolute atomic E-state index is 0.455. The second-order valence-electron chi connectivity index (χ2n) is 4.45. The fraction of sp³-hybridized carbons (Fsp3) is 0.357. The van der Waals surface area contributed by atoms with Crippen LogP contribution in [0.2, 0.25) is 0 Å². The Kier molecular flexibility index (Phi) is 4.74. The number of halogens is 1. The average Bonchev–Trinajstić information content (AvgIpc) is 2.68. The standard InChI is InChI=1S/C14H17BrN2O2/c1-9-10(2)19-14(17-9)8-16-7-13(18)11-4-3-5-12(15)6-11/h3-6,13,16,18H,7-8H2,1-2H3. The van der Waals surface area contributed by atoms with Crippen molar-refractivity contribution >= 4 is 15.9 Å². The monoisotopic (exact) mass is 324 g/mol. The largest absolute Gasteiger partial charge is 0.444 e. The number of nitrogens with one attached hydrogen (secondary N) is 1. The van der Waals surface area contributed by atoms with Gasteiger partial charge in [0.1, 0.15) is 5.76 Å². The topological polar surface area (TPSA) is 58.3 Å². The molecule has 102 valence electrons. The number of rotatable bonds is 5. The third kappa shape index (κ3) is 3.89. The molecule has 0 saturated heterocycles. The Balaban J connectivity index is 1.85. The first-order valence-electron chi connectivity index (χ1n) is 6.13. The Morgan fingerprint density at radius 2 is 2.21 bits per heavy atom. The maximum absolute atomic E-state index is 10.0. The van der Waals surface area contributed by atoms with E-state index in [1.165, 1.54) is 0 Å². The fourth-order valence-corrected chi connectivity index (χ4v) is 2.18. The number of aliphatic hydroxyl groups is 1. The Labute approximate surface area is 121 Å². The number of hydrogen-bond donors (Lipinski definition) is 2. The number of nitrogens with zero attached hydrogens (tertiary/aromatic N) is 1. The summed E-state index contributed by atoms with van der Waals surface area (Å²) < 4.78 is 6.42. The molecular weight excluding hydrogens is 308 g/mol. The molecule has 1 unspecified atom stereocenters. The van der Waals surface area contributed by atoms with Crippen LogP contribution in [-0.4, -0.2) is 16.6 Å². The molecule has 0 aliphatic carbocycles. The van der Waals surface area contributed by atoms with E-state index in [4.69, 9.17) is 4.42 Å². The van der Waals surface area contributed by atoms with E-state index in [2.05, 4.69) is 26.2 Å². The van der Waals surface area contributed by atoms with E-state index in [-0.39, 0.29) is 0 Å². The molecule has 0 aliphatic rings. The van der Waals surface area contributed by atoms with Gasteiger partial charge in [0.05, 0.1) is 18.3 Å². The molecule has 4 nitrogen and oxygen atoms in total. The molecule has 1 atom stereocenters. The van der Waals surface area contributed by atoms with E-state index in [9.17, 15) is 5.11 Å². The van der Waals surface area contributed by atoms with Crippen LogP contribution in [0.15, 0.2) is 33.2 Å². The van der Waals surface area contributed by atoms with Crippen molar-refractivity contribution in [2.45, 2.75) is 26.5 Å². The molecule has 1 aromatic heterocycles. The molecule has 0 spiro atoms. The molecule has 2 aromatic rings. The molecule has 19 heavy (non-hydrogen) atoms. The summed E-state index contributed by atoms with van der Waals surface area (Å²) in [5.41, 5.74) is 1.78. The average molecular weight is 325 g/mol. The van der Waals surface area contributed by atoms with Crippen LogP contribution in [-0.2, 0) is 6.54 Å². The predicted octanol–water partition coefficient (Wildman–Crippen LogP) is 2.88. The summed E-state index contributed by atoms with van der Waals surface area (Å²) in [5.74, 6) is 1.49. The van der Waals surface area contributed by atoms with Crippen molar-refractivity contribution < 1.29 is 9.52 Å². The first kappa shape index (κ1) is 14.2. The summed E-state index contributed by atoms with van der Waals surface area (Å²) >= 11 is 3.39. The van der Waals surface area contributed by atoms with Gasteiger partial charge in [-0.2, -0.15) is 0 Å². The second kappa shape index (κ2) is 6.32. The Hall–Kier alpha value is -1.17. The summed E-state index contributed by atoms with van der Waals surface area (Å²) in [5, 5.41) is 13.2. The molecule has 2 rings (SSSR count). The van der Waals surface area contributed by atoms with Crippen molar-refractivity contribution in [2.75, 3.05) is 6.54 Å². The SMILES string of the molecule is Cc1nc(CNCC(O)c2cccc(Br)c2)oc1C. The highest BCUT2D eigenvalue weighted by atomic mass is 79.9. The third-order valence-electron chi connectivity index (χ3n) is 2.92. The minimum Gasteiger partial charge on any atom is -0.444 e. The second-order valence-corrected chi connectivity index (χ2v) is 5.37. The van der Waals surface area contributed by atoms with Gasteiger partial charge in [-0.05, 0) is 31.5 Å². The zero-order valence-corrected chi connectivity index (χ0v) is 12.6. The predicted molar refractivity (Wildman–Crippen MR) is 76.8 cm³/mol. The summed E-state index contributed by atoms with van der Waals surface area (Å²) in [7, 11) is 0. The molecule has 0 amide bonds. The summed E-state index contributed by atoms with van der Waals surface area (Å²) in [6.45, 7) is 4.78. The van der Waals surface area contributed by atoms with Crippen LogP contribution in [0.1, 0.15) is 29.0 Å². The van der Waals surface area contributed by atoms with Gasteiger partial charge in [0.15, 0.2) is 0 Å². The van der Waals surface area contributed by atoms with Crippen molar-refractivity contribution in [2.24, 2.45) is 0 Å². The highest BCUT2D eigenvalue weighted by Crippen LogP contribution is 2.17. The van der Waals surface area contributed by atoms with Crippen molar-refractivity contribution in [3.05, 3.63) is 51.6 Å². The zero-order chi connectivity index (χ0) is 13.8. The molecule has 2 N–H and O–H groups in total. The molecule has 5 heteroatoms. The lowest BCUT2D eigenvalue weighted by Crippen LogP contribution is -2.21. The van der Waals surface area contributed by atoms with Crippen LogP contribution >= 0.6 is 15.9 Å². The zero-order valence-electron chi connectivity index (χ0n) is 11.0. The number of oxazole rings is 1. The molecule has 0 fully saturated rings. The number of hydrogen-bond acceptors (Lipinski definition) is 4. The number of benzene rings is 1. The molecule has 1 heterocycles. The molecule has 0 bridgehead atoms. The van der Waals surface area contributed by atoms with Crippen molar-refractivity contribution in [3.63, 3.8) is 0 Å². The lowest BCUT2D eigenvalue weighted by atomic mass is 10.1. The first-order valence-corrected chi connectivity index (χ1v) is 6.92. The maximum atomic E-state index is 10.0. The first-order chi connectivity index (χ1) is 9.06. The van der Waals surface area contributed by atoms with Crippen molar-refractivity contribution in [1.82, 2.24) is 10.3 Å². The maximum Gasteiger partial charge on any atom is 0.208 e. The van der Waals surface area contributed by atoms with Crippen LogP contribution in [0.5, 0.6) is 0 Å². The van der Waals surface area contributed by atoms with Gasteiger partial charge in [0, 0.05) is 11.0 Å². The van der Waals surface area contributed by atoms with Crippen LogP contribution in [0.4, 0.5) is 0 Å². The fourth-order valence-electron chi connectivity index (χ4n) is 1.76. The summed E-state index contributed by atoms with van der Waals surface area (Å²) in [6, 6.07) is 7.65. The molecule has 1 aromatic carbocycles. The smallest absolute Gasteiger partial charge is 0.208 e. The van der Waals surface area contributed by atoms with Gasteiger partial charge in [-0.1, -0.05) is 28.1 Å². The van der Waals surface area contributed by atoms with E-state index >= 15 is 0 Å². The van der Waals surface area contributed by atoms with E-state index in [1.807, 2.05) is 38.1 Å². The number of aryl methyl sites for hydroxylation is 2. The van der Waals surface area contributed by atoms with Gasteiger partial charge in [-0.25, -0.2) is 4.98 Å². The normalized spacial score (nSPS) is 12.6. The van der Waals surface area contributed by atoms with Crippen molar-refractivity contribution in [3.8, 4) is 0 Å². The lowest BCUT2D eigenvalue weighted by Gasteiger charge is -2.11. The van der Waals surface area contributed by atoms with Gasteiger partial charge in [-0.15, -0.1) is 0 Å². The summed E-state index contributed by atoms with van der Waals surface area (Å²) in [4.78, 5) is 4.28. The molecule has 0 aliphatic heterocycles. The lowest BCUT2D eigenvalue weighted by molar-refractivity contribution is 0.173. The van der Waals surface area contributed by atoms with Crippen molar-refractivity contribution in [1.29, 1.82) is 0 Å². The van der Waals surface area contributed by atoms with Gasteiger partial charge in [-0.3, -0.25) is 0 Å². The van der Waals surface area contributed by atoms with Crippen LogP contribution in [0, 0.1) is 13.8 Å². The Bertz CT molecular complexity index is 535. The van der Waals surface area contributed by atoms with Crippen LogP contribution in [0.3, 0.4) is 0 Å². The van der Waals surface area contributed by atoms with Gasteiger partial charge in [0.2, 0.25) is 5.89 Å². The molecule has 0 radical (unpaired) electrons. The summed E-state index contributed by atoms with van der Waals surface area (Å²) in [6.07, 6.45) is -0.547. The third-order valence-corrected chi connectivity index (χ3v) is 3.41. The Morgan fingerprint density at radius 3 is 2.84 bits per heavy atom. The number of aliphatic hydroxyl groups excluding tert-OH is 1. The van der Waals surface area contributed by atoms with E-state index in [1.54, 1.807) is 0 Å². The highest BCUT2D eigenvalue weighted by Gasteiger charge is 2.09. The van der Waals surface area contributed by atoms with E-state index in [0.29, 0.717) is 19.0 Å². The van der Waals surface area contributed by atoms with E-state index < -0.39 is 6.10 Å². The van der Waals surface area contributed by atoms with Crippen LogP contribution in [0.25, 0.3) is 0 Å². The van der Waals surface area contributed by atoms with E-state index in [0.717, 1.165) is 21.5 Å². The number of aromatic nitrogens is 1.